The molecule has 1 aliphatic heterocycles. The van der Waals surface area contributed by atoms with Crippen LogP contribution in [0.2, 0.25) is 0 Å². The first kappa shape index (κ1) is 18.9. The molecule has 142 valence electrons. The highest BCUT2D eigenvalue weighted by atomic mass is 16.2. The normalized spacial score (nSPS) is 20.1. The van der Waals surface area contributed by atoms with Gasteiger partial charge >= 0.3 is 6.03 Å². The topological polar surface area (TPSA) is 66.7 Å². The van der Waals surface area contributed by atoms with Gasteiger partial charge in [-0.05, 0) is 45.7 Å². The van der Waals surface area contributed by atoms with Crippen LogP contribution in [0.25, 0.3) is 0 Å². The Bertz CT molecular complexity index is 898. The quantitative estimate of drug-likeness (QED) is 0.645. The van der Waals surface area contributed by atoms with Gasteiger partial charge in [-0.3, -0.25) is 4.79 Å². The summed E-state index contributed by atoms with van der Waals surface area (Å²) >= 11 is 0. The van der Waals surface area contributed by atoms with Crippen molar-refractivity contribution in [3.05, 3.63) is 58.9 Å². The zero-order chi connectivity index (χ0) is 19.8. The highest BCUT2D eigenvalue weighted by Crippen LogP contribution is 2.32. The van der Waals surface area contributed by atoms with Crippen molar-refractivity contribution in [2.24, 2.45) is 5.10 Å². The van der Waals surface area contributed by atoms with Crippen molar-refractivity contribution in [2.75, 3.05) is 0 Å². The fourth-order valence-corrected chi connectivity index (χ4v) is 3.88. The summed E-state index contributed by atoms with van der Waals surface area (Å²) in [6.07, 6.45) is 2.05. The summed E-state index contributed by atoms with van der Waals surface area (Å²) in [7, 11) is 0. The number of aromatic nitrogens is 1. The standard InChI is InChI=1S/C21H26N4O2/c1-6-21(18-10-8-7-9-11-18)19(26)25(20(27)23-21)22-13-17-12-15(4)24(14(2)3)16(17)5/h7-14H,6H2,1-5H3,(H,23,27)/b22-13-/t21-/m0/s1. The fourth-order valence-electron chi connectivity index (χ4n) is 3.88. The van der Waals surface area contributed by atoms with E-state index in [0.717, 1.165) is 27.5 Å². The van der Waals surface area contributed by atoms with Crippen LogP contribution in [-0.4, -0.2) is 27.7 Å². The first-order valence-corrected chi connectivity index (χ1v) is 9.26. The number of nitrogens with one attached hydrogen (secondary N) is 1. The molecule has 0 aliphatic carbocycles. The maximum Gasteiger partial charge on any atom is 0.346 e. The van der Waals surface area contributed by atoms with E-state index >= 15 is 0 Å². The fraction of sp³-hybridized carbons (Fsp3) is 0.381. The summed E-state index contributed by atoms with van der Waals surface area (Å²) in [5.74, 6) is -0.352. The Morgan fingerprint density at radius 2 is 1.85 bits per heavy atom. The van der Waals surface area contributed by atoms with Crippen LogP contribution in [0.1, 0.15) is 55.7 Å². The highest BCUT2D eigenvalue weighted by Gasteiger charge is 2.51. The van der Waals surface area contributed by atoms with Crippen LogP contribution in [0, 0.1) is 13.8 Å². The second kappa shape index (κ2) is 7.02. The highest BCUT2D eigenvalue weighted by molar-refractivity contribution is 6.07. The number of aryl methyl sites for hydroxylation is 1. The van der Waals surface area contributed by atoms with Gasteiger partial charge in [0, 0.05) is 23.0 Å². The van der Waals surface area contributed by atoms with Crippen molar-refractivity contribution >= 4 is 18.2 Å². The van der Waals surface area contributed by atoms with Gasteiger partial charge in [0.2, 0.25) is 0 Å². The molecule has 1 fully saturated rings. The number of hydrogen-bond acceptors (Lipinski definition) is 3. The van der Waals surface area contributed by atoms with Crippen molar-refractivity contribution in [1.29, 1.82) is 0 Å². The van der Waals surface area contributed by atoms with Crippen molar-refractivity contribution in [3.63, 3.8) is 0 Å². The number of nitrogens with zero attached hydrogens (tertiary/aromatic N) is 3. The van der Waals surface area contributed by atoms with Gasteiger partial charge in [0.25, 0.3) is 5.91 Å². The molecule has 6 nitrogen and oxygen atoms in total. The number of carbonyl (C=O) groups is 2. The molecule has 1 aromatic heterocycles. The van der Waals surface area contributed by atoms with E-state index in [1.165, 1.54) is 0 Å². The molecular formula is C21H26N4O2. The molecule has 27 heavy (non-hydrogen) atoms. The van der Waals surface area contributed by atoms with E-state index in [9.17, 15) is 9.59 Å². The predicted molar refractivity (Wildman–Crippen MR) is 106 cm³/mol. The molecule has 1 atom stereocenters. The van der Waals surface area contributed by atoms with Crippen LogP contribution in [0.5, 0.6) is 0 Å². The summed E-state index contributed by atoms with van der Waals surface area (Å²) in [6, 6.07) is 11.2. The van der Waals surface area contributed by atoms with E-state index in [1.807, 2.05) is 57.2 Å². The SMILES string of the molecule is CC[C@@]1(c2ccccc2)NC(=O)N(/N=C\c2cc(C)n(C(C)C)c2C)C1=O. The summed E-state index contributed by atoms with van der Waals surface area (Å²) in [5.41, 5.74) is 2.78. The molecule has 3 amide bonds. The van der Waals surface area contributed by atoms with E-state index in [0.29, 0.717) is 12.5 Å². The van der Waals surface area contributed by atoms with E-state index in [4.69, 9.17) is 0 Å². The monoisotopic (exact) mass is 366 g/mol. The second-order valence-electron chi connectivity index (χ2n) is 7.21. The summed E-state index contributed by atoms with van der Waals surface area (Å²) in [5, 5.41) is 8.01. The van der Waals surface area contributed by atoms with Gasteiger partial charge in [0.05, 0.1) is 6.21 Å². The van der Waals surface area contributed by atoms with Crippen LogP contribution in [-0.2, 0) is 10.3 Å². The maximum absolute atomic E-state index is 13.1. The molecule has 1 aromatic carbocycles. The molecule has 1 saturated heterocycles. The van der Waals surface area contributed by atoms with Gasteiger partial charge in [0.1, 0.15) is 5.54 Å². The summed E-state index contributed by atoms with van der Waals surface area (Å²) in [4.78, 5) is 25.6. The molecule has 6 heteroatoms. The number of hydrogen-bond donors (Lipinski definition) is 1. The van der Waals surface area contributed by atoms with Crippen LogP contribution >= 0.6 is 0 Å². The van der Waals surface area contributed by atoms with E-state index < -0.39 is 11.6 Å². The number of carbonyl (C=O) groups excluding carboxylic acids is 2. The van der Waals surface area contributed by atoms with Gasteiger partial charge in [-0.25, -0.2) is 4.79 Å². The molecule has 2 heterocycles. The molecule has 0 radical (unpaired) electrons. The molecular weight excluding hydrogens is 340 g/mol. The van der Waals surface area contributed by atoms with E-state index in [-0.39, 0.29) is 5.91 Å². The first-order chi connectivity index (χ1) is 12.8. The Balaban J connectivity index is 1.93. The van der Waals surface area contributed by atoms with Gasteiger partial charge in [-0.15, -0.1) is 5.01 Å². The zero-order valence-electron chi connectivity index (χ0n) is 16.5. The van der Waals surface area contributed by atoms with Crippen LogP contribution in [0.3, 0.4) is 0 Å². The average molecular weight is 366 g/mol. The summed E-state index contributed by atoms with van der Waals surface area (Å²) < 4.78 is 2.20. The van der Waals surface area contributed by atoms with Crippen molar-refractivity contribution in [2.45, 2.75) is 52.6 Å². The van der Waals surface area contributed by atoms with Crippen molar-refractivity contribution in [1.82, 2.24) is 14.9 Å². The van der Waals surface area contributed by atoms with Gasteiger partial charge in [0.15, 0.2) is 0 Å². The Labute approximate surface area is 159 Å². The Hall–Kier alpha value is -2.89. The largest absolute Gasteiger partial charge is 0.346 e. The molecule has 0 unspecified atom stereocenters. The average Bonchev–Trinajstić information content (AvgIpc) is 3.07. The Morgan fingerprint density at radius 1 is 1.19 bits per heavy atom. The minimum atomic E-state index is -1.06. The molecule has 0 saturated carbocycles. The summed E-state index contributed by atoms with van der Waals surface area (Å²) in [6.45, 7) is 10.2. The molecule has 1 N–H and O–H groups in total. The third-order valence-corrected chi connectivity index (χ3v) is 5.22. The lowest BCUT2D eigenvalue weighted by Gasteiger charge is -2.24. The zero-order valence-corrected chi connectivity index (χ0v) is 16.5. The number of imide groups is 1. The van der Waals surface area contributed by atoms with Crippen LogP contribution in [0.4, 0.5) is 4.79 Å². The Kier molecular flexibility index (Phi) is 4.91. The minimum absolute atomic E-state index is 0.328. The van der Waals surface area contributed by atoms with E-state index in [1.54, 1.807) is 6.21 Å². The number of benzene rings is 1. The van der Waals surface area contributed by atoms with Crippen LogP contribution < -0.4 is 5.32 Å². The molecule has 0 bridgehead atoms. The first-order valence-electron chi connectivity index (χ1n) is 9.26. The lowest BCUT2D eigenvalue weighted by molar-refractivity contribution is -0.131. The lowest BCUT2D eigenvalue weighted by atomic mass is 9.87. The molecule has 0 spiro atoms. The number of rotatable bonds is 5. The number of urea groups is 1. The maximum atomic E-state index is 13.1. The van der Waals surface area contributed by atoms with Gasteiger partial charge < -0.3 is 9.88 Å². The van der Waals surface area contributed by atoms with Gasteiger partial charge in [-0.2, -0.15) is 5.10 Å². The van der Waals surface area contributed by atoms with E-state index in [2.05, 4.69) is 28.8 Å². The number of amides is 3. The Morgan fingerprint density at radius 3 is 2.41 bits per heavy atom. The second-order valence-corrected chi connectivity index (χ2v) is 7.21. The third kappa shape index (κ3) is 3.05. The lowest BCUT2D eigenvalue weighted by Crippen LogP contribution is -2.43. The molecule has 2 aromatic rings. The van der Waals surface area contributed by atoms with Gasteiger partial charge in [-0.1, -0.05) is 37.3 Å². The van der Waals surface area contributed by atoms with Crippen LogP contribution in [0.15, 0.2) is 41.5 Å². The molecule has 3 rings (SSSR count). The van der Waals surface area contributed by atoms with Crippen molar-refractivity contribution < 1.29 is 9.59 Å². The predicted octanol–water partition coefficient (Wildman–Crippen LogP) is 3.88. The number of hydrazone groups is 1. The van der Waals surface area contributed by atoms with Crippen molar-refractivity contribution in [3.8, 4) is 0 Å². The minimum Gasteiger partial charge on any atom is -0.346 e. The molecule has 1 aliphatic rings. The smallest absolute Gasteiger partial charge is 0.346 e. The third-order valence-electron chi connectivity index (χ3n) is 5.22.